The van der Waals surface area contributed by atoms with Gasteiger partial charge in [-0.3, -0.25) is 19.6 Å². The SMILES string of the molecule is O=C(Cn1nc(C(F)(F)F)c2c1CCCC2)Nc1cc(Oc2ccc(F)cc2)cc([N+](=O)[O-])c1. The fourth-order valence-electron chi connectivity index (χ4n) is 3.82. The smallest absolute Gasteiger partial charge is 0.435 e. The summed E-state index contributed by atoms with van der Waals surface area (Å²) in [5.41, 5.74) is -0.885. The topological polar surface area (TPSA) is 99.3 Å². The summed E-state index contributed by atoms with van der Waals surface area (Å²) < 4.78 is 59.7. The Morgan fingerprint density at radius 1 is 1.12 bits per heavy atom. The van der Waals surface area contributed by atoms with Crippen LogP contribution in [0.4, 0.5) is 28.9 Å². The number of nitrogens with zero attached hydrogens (tertiary/aromatic N) is 3. The summed E-state index contributed by atoms with van der Waals surface area (Å²) in [6.45, 7) is -0.491. The molecule has 0 saturated carbocycles. The highest BCUT2D eigenvalue weighted by Gasteiger charge is 2.39. The van der Waals surface area contributed by atoms with Gasteiger partial charge in [0.25, 0.3) is 5.69 Å². The lowest BCUT2D eigenvalue weighted by Crippen LogP contribution is -2.22. The highest BCUT2D eigenvalue weighted by atomic mass is 19.4. The molecule has 12 heteroatoms. The molecule has 3 aromatic rings. The van der Waals surface area contributed by atoms with Crippen molar-refractivity contribution >= 4 is 17.3 Å². The number of amides is 1. The number of nitrogens with one attached hydrogen (secondary N) is 1. The number of halogens is 4. The Morgan fingerprint density at radius 2 is 1.82 bits per heavy atom. The minimum Gasteiger partial charge on any atom is -0.457 e. The third kappa shape index (κ3) is 5.16. The lowest BCUT2D eigenvalue weighted by Gasteiger charge is -2.15. The first kappa shape index (κ1) is 23.2. The number of nitro benzene ring substituents is 1. The van der Waals surface area contributed by atoms with Crippen molar-refractivity contribution in [2.75, 3.05) is 5.32 Å². The molecule has 0 bridgehead atoms. The number of fused-ring (bicyclic) bond motifs is 1. The summed E-state index contributed by atoms with van der Waals surface area (Å²) in [5.74, 6) is -0.986. The Balaban J connectivity index is 1.56. The van der Waals surface area contributed by atoms with Crippen LogP contribution in [0.25, 0.3) is 0 Å². The summed E-state index contributed by atoms with van der Waals surface area (Å²) in [5, 5.41) is 17.4. The third-order valence-electron chi connectivity index (χ3n) is 5.25. The summed E-state index contributed by atoms with van der Waals surface area (Å²) >= 11 is 0. The normalized spacial score (nSPS) is 13.3. The summed E-state index contributed by atoms with van der Waals surface area (Å²) in [7, 11) is 0. The first-order valence-electron chi connectivity index (χ1n) is 10.3. The zero-order chi connectivity index (χ0) is 24.5. The number of benzene rings is 2. The quantitative estimate of drug-likeness (QED) is 0.296. The molecule has 0 atom stereocenters. The van der Waals surface area contributed by atoms with Crippen LogP contribution < -0.4 is 10.1 Å². The molecular weight excluding hydrogens is 460 g/mol. The van der Waals surface area contributed by atoms with E-state index in [4.69, 9.17) is 4.74 Å². The van der Waals surface area contributed by atoms with E-state index in [1.807, 2.05) is 0 Å². The number of aromatic nitrogens is 2. The van der Waals surface area contributed by atoms with Crippen LogP contribution in [-0.2, 0) is 30.4 Å². The molecule has 0 aliphatic heterocycles. The maximum absolute atomic E-state index is 13.4. The van der Waals surface area contributed by atoms with E-state index < -0.39 is 35.1 Å². The number of anilines is 1. The van der Waals surface area contributed by atoms with Gasteiger partial charge in [-0.1, -0.05) is 0 Å². The molecular formula is C22H18F4N4O4. The Labute approximate surface area is 190 Å². The summed E-state index contributed by atoms with van der Waals surface area (Å²) in [4.78, 5) is 23.2. The van der Waals surface area contributed by atoms with Crippen molar-refractivity contribution in [1.82, 2.24) is 9.78 Å². The maximum Gasteiger partial charge on any atom is 0.435 e. The number of rotatable bonds is 6. The predicted octanol–water partition coefficient (Wildman–Crippen LogP) is 5.26. The van der Waals surface area contributed by atoms with Crippen molar-refractivity contribution in [2.45, 2.75) is 38.4 Å². The number of alkyl halides is 3. The molecule has 0 unspecified atom stereocenters. The van der Waals surface area contributed by atoms with Crippen LogP contribution in [-0.4, -0.2) is 20.6 Å². The lowest BCUT2D eigenvalue weighted by molar-refractivity contribution is -0.384. The van der Waals surface area contributed by atoms with E-state index >= 15 is 0 Å². The second-order valence-corrected chi connectivity index (χ2v) is 7.71. The number of carbonyl (C=O) groups is 1. The molecule has 4 rings (SSSR count). The minimum absolute atomic E-state index is 0.00642. The van der Waals surface area contributed by atoms with Crippen LogP contribution in [0.5, 0.6) is 11.5 Å². The van der Waals surface area contributed by atoms with Gasteiger partial charge in [0.05, 0.1) is 16.7 Å². The standard InChI is InChI=1S/C22H18F4N4O4/c23-13-5-7-16(8-6-13)34-17-10-14(9-15(11-17)30(32)33)27-20(31)12-29-19-4-2-1-3-18(19)21(28-29)22(24,25)26/h5-11H,1-4,12H2,(H,27,31). The second kappa shape index (κ2) is 9.12. The molecule has 178 valence electrons. The van der Waals surface area contributed by atoms with Gasteiger partial charge in [0.2, 0.25) is 5.91 Å². The lowest BCUT2D eigenvalue weighted by atomic mass is 9.95. The van der Waals surface area contributed by atoms with Crippen molar-refractivity contribution in [3.63, 3.8) is 0 Å². The zero-order valence-corrected chi connectivity index (χ0v) is 17.6. The number of nitro groups is 1. The van der Waals surface area contributed by atoms with Crippen LogP contribution >= 0.6 is 0 Å². The molecule has 1 aliphatic rings. The Kier molecular flexibility index (Phi) is 6.22. The average molecular weight is 478 g/mol. The number of ether oxygens (including phenoxy) is 1. The van der Waals surface area contributed by atoms with Crippen LogP contribution in [0, 0.1) is 15.9 Å². The van der Waals surface area contributed by atoms with Crippen LogP contribution in [0.3, 0.4) is 0 Å². The first-order valence-corrected chi connectivity index (χ1v) is 10.3. The van der Waals surface area contributed by atoms with E-state index in [1.165, 1.54) is 18.2 Å². The van der Waals surface area contributed by atoms with Gasteiger partial charge in [0.15, 0.2) is 5.69 Å². The fourth-order valence-corrected chi connectivity index (χ4v) is 3.82. The molecule has 34 heavy (non-hydrogen) atoms. The van der Waals surface area contributed by atoms with Crippen molar-refractivity contribution < 1.29 is 32.0 Å². The molecule has 1 aromatic heterocycles. The van der Waals surface area contributed by atoms with Gasteiger partial charge in [-0.2, -0.15) is 18.3 Å². The highest BCUT2D eigenvalue weighted by molar-refractivity contribution is 5.91. The zero-order valence-electron chi connectivity index (χ0n) is 17.6. The van der Waals surface area contributed by atoms with Gasteiger partial charge in [-0.15, -0.1) is 0 Å². The van der Waals surface area contributed by atoms with Gasteiger partial charge in [-0.05, 0) is 49.9 Å². The fraction of sp³-hybridized carbons (Fsp3) is 0.273. The van der Waals surface area contributed by atoms with Crippen molar-refractivity contribution in [3.05, 3.63) is 75.3 Å². The number of carbonyl (C=O) groups excluding carboxylic acids is 1. The Hall–Kier alpha value is -3.96. The molecule has 1 amide bonds. The van der Waals surface area contributed by atoms with Crippen LogP contribution in [0.15, 0.2) is 42.5 Å². The van der Waals surface area contributed by atoms with E-state index in [9.17, 15) is 32.5 Å². The largest absolute Gasteiger partial charge is 0.457 e. The van der Waals surface area contributed by atoms with E-state index in [0.717, 1.165) is 28.9 Å². The van der Waals surface area contributed by atoms with E-state index in [0.29, 0.717) is 25.0 Å². The second-order valence-electron chi connectivity index (χ2n) is 7.71. The molecule has 1 heterocycles. The van der Waals surface area contributed by atoms with Crippen molar-refractivity contribution in [1.29, 1.82) is 0 Å². The van der Waals surface area contributed by atoms with Gasteiger partial charge in [-0.25, -0.2) is 4.39 Å². The summed E-state index contributed by atoms with van der Waals surface area (Å²) in [6, 6.07) is 8.48. The Morgan fingerprint density at radius 3 is 2.50 bits per heavy atom. The molecule has 2 aromatic carbocycles. The van der Waals surface area contributed by atoms with E-state index in [1.54, 1.807) is 0 Å². The van der Waals surface area contributed by atoms with Gasteiger partial charge < -0.3 is 10.1 Å². The van der Waals surface area contributed by atoms with Crippen LogP contribution in [0.2, 0.25) is 0 Å². The first-order chi connectivity index (χ1) is 16.1. The minimum atomic E-state index is -4.63. The van der Waals surface area contributed by atoms with E-state index in [-0.39, 0.29) is 34.9 Å². The van der Waals surface area contributed by atoms with Crippen LogP contribution in [0.1, 0.15) is 29.8 Å². The average Bonchev–Trinajstić information content (AvgIpc) is 3.14. The molecule has 1 aliphatic carbocycles. The van der Waals surface area contributed by atoms with Crippen molar-refractivity contribution in [3.8, 4) is 11.5 Å². The maximum atomic E-state index is 13.4. The predicted molar refractivity (Wildman–Crippen MR) is 112 cm³/mol. The number of hydrogen-bond acceptors (Lipinski definition) is 5. The van der Waals surface area contributed by atoms with Crippen molar-refractivity contribution in [2.24, 2.45) is 0 Å². The third-order valence-corrected chi connectivity index (χ3v) is 5.25. The number of non-ortho nitro benzene ring substituents is 1. The van der Waals surface area contributed by atoms with Gasteiger partial charge in [0.1, 0.15) is 23.9 Å². The molecule has 0 radical (unpaired) electrons. The van der Waals surface area contributed by atoms with E-state index in [2.05, 4.69) is 10.4 Å². The molecule has 1 N–H and O–H groups in total. The molecule has 0 saturated heterocycles. The summed E-state index contributed by atoms with van der Waals surface area (Å²) in [6.07, 6.45) is -2.72. The van der Waals surface area contributed by atoms with Gasteiger partial charge in [0, 0.05) is 23.4 Å². The Bertz CT molecular complexity index is 1240. The highest BCUT2D eigenvalue weighted by Crippen LogP contribution is 2.36. The monoisotopic (exact) mass is 478 g/mol. The molecule has 0 spiro atoms. The number of hydrogen-bond donors (Lipinski definition) is 1. The molecule has 8 nitrogen and oxygen atoms in total. The molecule has 0 fully saturated rings. The van der Waals surface area contributed by atoms with Gasteiger partial charge >= 0.3 is 6.18 Å².